The van der Waals surface area contributed by atoms with Crippen molar-refractivity contribution >= 4 is 77.8 Å². The number of nitrogens with zero attached hydrogens (tertiary/aromatic N) is 2. The lowest BCUT2D eigenvalue weighted by molar-refractivity contribution is 0.102. The van der Waals surface area contributed by atoms with Crippen LogP contribution in [0.5, 0.6) is 0 Å². The molecule has 0 fully saturated rings. The van der Waals surface area contributed by atoms with Crippen LogP contribution < -0.4 is 5.32 Å². The Hall–Kier alpha value is -1.02. The zero-order valence-corrected chi connectivity index (χ0v) is 15.0. The van der Waals surface area contributed by atoms with Crippen molar-refractivity contribution in [3.05, 3.63) is 49.9 Å². The fraction of sp³-hybridized carbons (Fsp3) is 0. The number of hydrogen-bond acceptors (Lipinski definition) is 4. The first-order valence-electron chi connectivity index (χ1n) is 5.73. The van der Waals surface area contributed by atoms with Gasteiger partial charge in [-0.05, 0) is 30.3 Å². The van der Waals surface area contributed by atoms with Gasteiger partial charge in [-0.25, -0.2) is 0 Å². The maximum absolute atomic E-state index is 12.4. The van der Waals surface area contributed by atoms with E-state index in [-0.39, 0.29) is 5.91 Å². The quantitative estimate of drug-likeness (QED) is 0.593. The molecule has 1 heterocycles. The van der Waals surface area contributed by atoms with Crippen molar-refractivity contribution in [3.8, 4) is 0 Å². The van der Waals surface area contributed by atoms with Gasteiger partial charge in [-0.1, -0.05) is 43.5 Å². The normalized spacial score (nSPS) is 10.8. The van der Waals surface area contributed by atoms with Gasteiger partial charge in [0.25, 0.3) is 5.91 Å². The van der Waals surface area contributed by atoms with Gasteiger partial charge in [0.05, 0.1) is 22.4 Å². The summed E-state index contributed by atoms with van der Waals surface area (Å²) in [7, 11) is 0. The molecule has 8 heteroatoms. The third-order valence-corrected chi connectivity index (χ3v) is 4.51. The Bertz CT molecular complexity index is 832. The summed E-state index contributed by atoms with van der Waals surface area (Å²) >= 11 is 14.0. The summed E-state index contributed by atoms with van der Waals surface area (Å²) in [5, 5.41) is 3.23. The molecule has 0 saturated heterocycles. The van der Waals surface area contributed by atoms with Crippen molar-refractivity contribution in [2.24, 2.45) is 0 Å². The molecular formula is C13H6Br2ClN3OS. The summed E-state index contributed by atoms with van der Waals surface area (Å²) in [6.45, 7) is 0. The van der Waals surface area contributed by atoms with E-state index < -0.39 is 0 Å². The van der Waals surface area contributed by atoms with Gasteiger partial charge in [0.1, 0.15) is 11.0 Å². The predicted molar refractivity (Wildman–Crippen MR) is 92.2 cm³/mol. The first kappa shape index (κ1) is 14.9. The number of hydrogen-bond donors (Lipinski definition) is 1. The number of aromatic nitrogens is 2. The lowest BCUT2D eigenvalue weighted by Crippen LogP contribution is -2.12. The minimum Gasteiger partial charge on any atom is -0.319 e. The topological polar surface area (TPSA) is 54.9 Å². The first-order chi connectivity index (χ1) is 10.0. The van der Waals surface area contributed by atoms with Crippen LogP contribution in [0.1, 0.15) is 10.4 Å². The van der Waals surface area contributed by atoms with Crippen LogP contribution in [0, 0.1) is 0 Å². The second-order valence-electron chi connectivity index (χ2n) is 4.17. The molecule has 0 aliphatic heterocycles. The van der Waals surface area contributed by atoms with Crippen LogP contribution in [0.4, 0.5) is 5.69 Å². The Morgan fingerprint density at radius 2 is 1.86 bits per heavy atom. The molecule has 4 nitrogen and oxygen atoms in total. The van der Waals surface area contributed by atoms with Gasteiger partial charge in [-0.3, -0.25) is 4.79 Å². The molecule has 3 rings (SSSR count). The molecule has 106 valence electrons. The van der Waals surface area contributed by atoms with Crippen LogP contribution in [0.25, 0.3) is 11.0 Å². The van der Waals surface area contributed by atoms with E-state index in [2.05, 4.69) is 45.9 Å². The molecule has 0 spiro atoms. The van der Waals surface area contributed by atoms with E-state index in [1.54, 1.807) is 24.3 Å². The van der Waals surface area contributed by atoms with Crippen molar-refractivity contribution in [1.82, 2.24) is 8.75 Å². The molecule has 0 aliphatic rings. The molecule has 0 unspecified atom stereocenters. The highest BCUT2D eigenvalue weighted by atomic mass is 79.9. The summed E-state index contributed by atoms with van der Waals surface area (Å²) in [6.07, 6.45) is 0. The van der Waals surface area contributed by atoms with Crippen molar-refractivity contribution < 1.29 is 4.79 Å². The Balaban J connectivity index is 2.00. The van der Waals surface area contributed by atoms with Crippen LogP contribution in [-0.2, 0) is 0 Å². The molecule has 0 saturated carbocycles. The number of carbonyl (C=O) groups is 1. The number of anilines is 1. The monoisotopic (exact) mass is 445 g/mol. The van der Waals surface area contributed by atoms with Crippen LogP contribution >= 0.6 is 55.2 Å². The molecule has 1 aromatic heterocycles. The minimum absolute atomic E-state index is 0.264. The average molecular weight is 448 g/mol. The molecule has 21 heavy (non-hydrogen) atoms. The molecule has 3 aromatic rings. The molecule has 0 bridgehead atoms. The third-order valence-electron chi connectivity index (χ3n) is 2.74. The number of halogens is 3. The Kier molecular flexibility index (Phi) is 4.26. The van der Waals surface area contributed by atoms with Crippen LogP contribution in [0.2, 0.25) is 5.02 Å². The van der Waals surface area contributed by atoms with Crippen LogP contribution in [0.3, 0.4) is 0 Å². The minimum atomic E-state index is -0.264. The highest BCUT2D eigenvalue weighted by Gasteiger charge is 2.14. The molecule has 0 aliphatic carbocycles. The van der Waals surface area contributed by atoms with E-state index in [1.807, 2.05) is 6.07 Å². The summed E-state index contributed by atoms with van der Waals surface area (Å²) < 4.78 is 9.92. The Morgan fingerprint density at radius 1 is 1.14 bits per heavy atom. The lowest BCUT2D eigenvalue weighted by atomic mass is 10.2. The largest absolute Gasteiger partial charge is 0.319 e. The van der Waals surface area contributed by atoms with E-state index in [4.69, 9.17) is 11.6 Å². The van der Waals surface area contributed by atoms with Gasteiger partial charge >= 0.3 is 0 Å². The average Bonchev–Trinajstić information content (AvgIpc) is 2.89. The maximum atomic E-state index is 12.4. The Morgan fingerprint density at radius 3 is 2.57 bits per heavy atom. The second-order valence-corrected chi connectivity index (χ2v) is 6.93. The third kappa shape index (κ3) is 3.11. The van der Waals surface area contributed by atoms with Gasteiger partial charge in [0, 0.05) is 14.5 Å². The maximum Gasteiger partial charge on any atom is 0.255 e. The number of nitrogens with one attached hydrogen (secondary N) is 1. The number of benzene rings is 2. The molecule has 2 aromatic carbocycles. The SMILES string of the molecule is O=C(Nc1c(Cl)ccc2nsnc12)c1cc(Br)cc(Br)c1. The summed E-state index contributed by atoms with van der Waals surface area (Å²) in [4.78, 5) is 12.4. The fourth-order valence-corrected chi connectivity index (χ4v) is 3.85. The zero-order valence-electron chi connectivity index (χ0n) is 10.2. The second kappa shape index (κ2) is 6.00. The number of amides is 1. The van der Waals surface area contributed by atoms with Crippen molar-refractivity contribution in [3.63, 3.8) is 0 Å². The lowest BCUT2D eigenvalue weighted by Gasteiger charge is -2.08. The van der Waals surface area contributed by atoms with E-state index in [9.17, 15) is 4.79 Å². The standard InChI is InChI=1S/C13H6Br2ClN3OS/c14-7-3-6(4-8(15)5-7)13(20)17-11-9(16)1-2-10-12(11)19-21-18-10/h1-5H,(H,17,20). The molecular weight excluding hydrogens is 441 g/mol. The van der Waals surface area contributed by atoms with Gasteiger partial charge in [-0.15, -0.1) is 0 Å². The van der Waals surface area contributed by atoms with E-state index >= 15 is 0 Å². The number of fused-ring (bicyclic) bond motifs is 1. The van der Waals surface area contributed by atoms with E-state index in [0.717, 1.165) is 20.7 Å². The van der Waals surface area contributed by atoms with Crippen molar-refractivity contribution in [1.29, 1.82) is 0 Å². The highest BCUT2D eigenvalue weighted by Crippen LogP contribution is 2.30. The van der Waals surface area contributed by atoms with Gasteiger partial charge < -0.3 is 5.32 Å². The van der Waals surface area contributed by atoms with E-state index in [0.29, 0.717) is 27.3 Å². The molecule has 0 atom stereocenters. The predicted octanol–water partition coefficient (Wildman–Crippen LogP) is 5.12. The van der Waals surface area contributed by atoms with Crippen LogP contribution in [-0.4, -0.2) is 14.7 Å². The van der Waals surface area contributed by atoms with Crippen LogP contribution in [0.15, 0.2) is 39.3 Å². The fourth-order valence-electron chi connectivity index (χ4n) is 1.82. The molecule has 0 radical (unpaired) electrons. The van der Waals surface area contributed by atoms with Crippen molar-refractivity contribution in [2.75, 3.05) is 5.32 Å². The number of rotatable bonds is 2. The number of carbonyl (C=O) groups excluding carboxylic acids is 1. The molecule has 1 amide bonds. The summed E-state index contributed by atoms with van der Waals surface area (Å²) in [5.74, 6) is -0.264. The van der Waals surface area contributed by atoms with E-state index in [1.165, 1.54) is 0 Å². The summed E-state index contributed by atoms with van der Waals surface area (Å²) in [5.41, 5.74) is 2.28. The van der Waals surface area contributed by atoms with Gasteiger partial charge in [-0.2, -0.15) is 8.75 Å². The highest BCUT2D eigenvalue weighted by molar-refractivity contribution is 9.11. The van der Waals surface area contributed by atoms with Crippen molar-refractivity contribution in [2.45, 2.75) is 0 Å². The van der Waals surface area contributed by atoms with Gasteiger partial charge in [0.15, 0.2) is 0 Å². The smallest absolute Gasteiger partial charge is 0.255 e. The zero-order chi connectivity index (χ0) is 15.0. The molecule has 1 N–H and O–H groups in total. The van der Waals surface area contributed by atoms with Gasteiger partial charge in [0.2, 0.25) is 0 Å². The first-order valence-corrected chi connectivity index (χ1v) is 8.42. The Labute approximate surface area is 146 Å². The summed E-state index contributed by atoms with van der Waals surface area (Å²) in [6, 6.07) is 8.78.